The standard InChI is InChI=1S/C12H14FNO/c1-8(14-12(15)9-6-7-9)10-4-2-3-5-11(10)13/h2-5,8-9H,6-7H2,1H3,(H,14,15). The van der Waals surface area contributed by atoms with Crippen LogP contribution >= 0.6 is 0 Å². The van der Waals surface area contributed by atoms with Crippen molar-refractivity contribution >= 4 is 5.91 Å². The lowest BCUT2D eigenvalue weighted by Crippen LogP contribution is -2.28. The monoisotopic (exact) mass is 207 g/mol. The molecular formula is C12H14FNO. The van der Waals surface area contributed by atoms with Gasteiger partial charge in [0.25, 0.3) is 0 Å². The van der Waals surface area contributed by atoms with Crippen LogP contribution in [0.5, 0.6) is 0 Å². The summed E-state index contributed by atoms with van der Waals surface area (Å²) in [7, 11) is 0. The van der Waals surface area contributed by atoms with Gasteiger partial charge in [-0.3, -0.25) is 4.79 Å². The van der Waals surface area contributed by atoms with Gasteiger partial charge < -0.3 is 5.32 Å². The summed E-state index contributed by atoms with van der Waals surface area (Å²) < 4.78 is 13.4. The van der Waals surface area contributed by atoms with E-state index in [0.717, 1.165) is 12.8 Å². The molecule has 2 rings (SSSR count). The molecule has 0 aromatic heterocycles. The first-order chi connectivity index (χ1) is 7.18. The zero-order chi connectivity index (χ0) is 10.8. The van der Waals surface area contributed by atoms with E-state index in [-0.39, 0.29) is 23.7 Å². The van der Waals surface area contributed by atoms with Crippen molar-refractivity contribution in [2.45, 2.75) is 25.8 Å². The largest absolute Gasteiger partial charge is 0.349 e. The third-order valence-corrected chi connectivity index (χ3v) is 2.68. The van der Waals surface area contributed by atoms with E-state index in [0.29, 0.717) is 5.56 Å². The number of benzene rings is 1. The predicted octanol–water partition coefficient (Wildman–Crippen LogP) is 2.41. The summed E-state index contributed by atoms with van der Waals surface area (Å²) in [5, 5.41) is 2.82. The Morgan fingerprint density at radius 3 is 2.73 bits per heavy atom. The topological polar surface area (TPSA) is 29.1 Å². The van der Waals surface area contributed by atoms with Gasteiger partial charge in [0.05, 0.1) is 6.04 Å². The van der Waals surface area contributed by atoms with Crippen LogP contribution in [0.4, 0.5) is 4.39 Å². The van der Waals surface area contributed by atoms with Gasteiger partial charge in [-0.05, 0) is 25.8 Å². The minimum atomic E-state index is -0.263. The lowest BCUT2D eigenvalue weighted by atomic mass is 10.1. The average Bonchev–Trinajstić information content (AvgIpc) is 3.01. The second-order valence-electron chi connectivity index (χ2n) is 4.03. The lowest BCUT2D eigenvalue weighted by Gasteiger charge is -2.14. The predicted molar refractivity (Wildman–Crippen MR) is 55.7 cm³/mol. The molecule has 15 heavy (non-hydrogen) atoms. The van der Waals surface area contributed by atoms with Crippen LogP contribution in [0.1, 0.15) is 31.4 Å². The van der Waals surface area contributed by atoms with Crippen LogP contribution in [0.15, 0.2) is 24.3 Å². The number of hydrogen-bond acceptors (Lipinski definition) is 1. The molecule has 0 spiro atoms. The van der Waals surface area contributed by atoms with Gasteiger partial charge in [0.1, 0.15) is 5.82 Å². The molecule has 2 nitrogen and oxygen atoms in total. The van der Waals surface area contributed by atoms with Crippen molar-refractivity contribution < 1.29 is 9.18 Å². The molecule has 80 valence electrons. The number of carbonyl (C=O) groups excluding carboxylic acids is 1. The van der Waals surface area contributed by atoms with E-state index in [4.69, 9.17) is 0 Å². The van der Waals surface area contributed by atoms with Gasteiger partial charge in [0, 0.05) is 11.5 Å². The molecule has 3 heteroatoms. The van der Waals surface area contributed by atoms with Gasteiger partial charge in [-0.15, -0.1) is 0 Å². The van der Waals surface area contributed by atoms with Gasteiger partial charge in [-0.2, -0.15) is 0 Å². The first-order valence-corrected chi connectivity index (χ1v) is 5.23. The van der Waals surface area contributed by atoms with E-state index in [1.54, 1.807) is 25.1 Å². The smallest absolute Gasteiger partial charge is 0.223 e. The van der Waals surface area contributed by atoms with E-state index in [9.17, 15) is 9.18 Å². The molecule has 1 unspecified atom stereocenters. The SMILES string of the molecule is CC(NC(=O)C1CC1)c1ccccc1F. The van der Waals surface area contributed by atoms with E-state index in [1.165, 1.54) is 6.07 Å². The number of halogens is 1. The highest BCUT2D eigenvalue weighted by molar-refractivity contribution is 5.81. The van der Waals surface area contributed by atoms with Gasteiger partial charge in [0.2, 0.25) is 5.91 Å². The molecule has 0 bridgehead atoms. The molecular weight excluding hydrogens is 193 g/mol. The molecule has 1 aromatic carbocycles. The quantitative estimate of drug-likeness (QED) is 0.810. The Kier molecular flexibility index (Phi) is 2.71. The summed E-state index contributed by atoms with van der Waals surface area (Å²) >= 11 is 0. The lowest BCUT2D eigenvalue weighted by molar-refractivity contribution is -0.122. The Balaban J connectivity index is 2.03. The molecule has 0 saturated heterocycles. The van der Waals surface area contributed by atoms with E-state index in [1.807, 2.05) is 0 Å². The average molecular weight is 207 g/mol. The second-order valence-corrected chi connectivity index (χ2v) is 4.03. The van der Waals surface area contributed by atoms with Crippen LogP contribution < -0.4 is 5.32 Å². The molecule has 1 atom stereocenters. The number of nitrogens with one attached hydrogen (secondary N) is 1. The molecule has 1 aliphatic carbocycles. The van der Waals surface area contributed by atoms with Crippen molar-refractivity contribution in [1.29, 1.82) is 0 Å². The van der Waals surface area contributed by atoms with Crippen LogP contribution in [-0.4, -0.2) is 5.91 Å². The third kappa shape index (κ3) is 2.35. The van der Waals surface area contributed by atoms with Gasteiger partial charge >= 0.3 is 0 Å². The minimum Gasteiger partial charge on any atom is -0.349 e. The van der Waals surface area contributed by atoms with Gasteiger partial charge in [0.15, 0.2) is 0 Å². The Morgan fingerprint density at radius 2 is 2.13 bits per heavy atom. The normalized spacial score (nSPS) is 17.2. The molecule has 0 aliphatic heterocycles. The van der Waals surface area contributed by atoms with Crippen molar-refractivity contribution in [3.05, 3.63) is 35.6 Å². The Labute approximate surface area is 88.5 Å². The Morgan fingerprint density at radius 1 is 1.47 bits per heavy atom. The molecule has 0 heterocycles. The Hall–Kier alpha value is -1.38. The van der Waals surface area contributed by atoms with Crippen LogP contribution in [0, 0.1) is 11.7 Å². The molecule has 1 amide bonds. The number of hydrogen-bond donors (Lipinski definition) is 1. The van der Waals surface area contributed by atoms with Gasteiger partial charge in [-0.25, -0.2) is 4.39 Å². The summed E-state index contributed by atoms with van der Waals surface area (Å²) in [6.07, 6.45) is 1.94. The fourth-order valence-electron chi connectivity index (χ4n) is 1.58. The fraction of sp³-hybridized carbons (Fsp3) is 0.417. The summed E-state index contributed by atoms with van der Waals surface area (Å²) in [5.41, 5.74) is 0.548. The maximum Gasteiger partial charge on any atom is 0.223 e. The highest BCUT2D eigenvalue weighted by Gasteiger charge is 2.30. The summed E-state index contributed by atoms with van der Waals surface area (Å²) in [6, 6.07) is 6.29. The molecule has 0 radical (unpaired) electrons. The number of carbonyl (C=O) groups is 1. The highest BCUT2D eigenvalue weighted by atomic mass is 19.1. The van der Waals surface area contributed by atoms with Crippen LogP contribution in [-0.2, 0) is 4.79 Å². The first kappa shape index (κ1) is 10.1. The summed E-state index contributed by atoms with van der Waals surface area (Å²) in [6.45, 7) is 1.80. The summed E-state index contributed by atoms with van der Waals surface area (Å²) in [4.78, 5) is 11.5. The summed E-state index contributed by atoms with van der Waals surface area (Å²) in [5.74, 6) is -0.0499. The maximum atomic E-state index is 13.4. The second kappa shape index (κ2) is 4.01. The van der Waals surface area contributed by atoms with Gasteiger partial charge in [-0.1, -0.05) is 18.2 Å². The molecule has 1 fully saturated rings. The molecule has 1 saturated carbocycles. The van der Waals surface area contributed by atoms with Crippen LogP contribution in [0.3, 0.4) is 0 Å². The number of amides is 1. The molecule has 1 N–H and O–H groups in total. The van der Waals surface area contributed by atoms with Crippen molar-refractivity contribution in [3.8, 4) is 0 Å². The third-order valence-electron chi connectivity index (χ3n) is 2.68. The zero-order valence-electron chi connectivity index (χ0n) is 8.66. The van der Waals surface area contributed by atoms with Crippen molar-refractivity contribution in [2.24, 2.45) is 5.92 Å². The number of rotatable bonds is 3. The maximum absolute atomic E-state index is 13.4. The molecule has 1 aromatic rings. The van der Waals surface area contributed by atoms with Crippen molar-refractivity contribution in [1.82, 2.24) is 5.32 Å². The van der Waals surface area contributed by atoms with Crippen LogP contribution in [0.2, 0.25) is 0 Å². The van der Waals surface area contributed by atoms with E-state index >= 15 is 0 Å². The first-order valence-electron chi connectivity index (χ1n) is 5.23. The molecule has 1 aliphatic rings. The zero-order valence-corrected chi connectivity index (χ0v) is 8.66. The van der Waals surface area contributed by atoms with Crippen molar-refractivity contribution in [2.75, 3.05) is 0 Å². The fourth-order valence-corrected chi connectivity index (χ4v) is 1.58. The highest BCUT2D eigenvalue weighted by Crippen LogP contribution is 2.29. The van der Waals surface area contributed by atoms with Crippen LogP contribution in [0.25, 0.3) is 0 Å². The van der Waals surface area contributed by atoms with Crippen molar-refractivity contribution in [3.63, 3.8) is 0 Å². The minimum absolute atomic E-state index is 0.0470. The van der Waals surface area contributed by atoms with E-state index < -0.39 is 0 Å². The van der Waals surface area contributed by atoms with E-state index in [2.05, 4.69) is 5.32 Å². The Bertz CT molecular complexity index is 374.